The van der Waals surface area contributed by atoms with Crippen LogP contribution in [-0.4, -0.2) is 53.3 Å². The van der Waals surface area contributed by atoms with Crippen LogP contribution in [0.3, 0.4) is 0 Å². The molecule has 0 aromatic heterocycles. The Labute approximate surface area is 132 Å². The Morgan fingerprint density at radius 2 is 1.95 bits per heavy atom. The topological polar surface area (TPSA) is 59.1 Å². The number of hydrogen-bond acceptors (Lipinski definition) is 5. The zero-order valence-electron chi connectivity index (χ0n) is 11.7. The average Bonchev–Trinajstić information content (AvgIpc) is 3.07. The number of thiocarbonyl (C=S) groups is 1. The molecule has 0 aliphatic carbocycles. The first-order chi connectivity index (χ1) is 10.6. The molecule has 3 heterocycles. The number of hydrogen-bond donors (Lipinski definition) is 0. The molecule has 0 N–H and O–H groups in total. The van der Waals surface area contributed by atoms with Crippen LogP contribution in [0.2, 0.25) is 0 Å². The number of nitrogens with zero attached hydrogens (tertiary/aromatic N) is 2. The number of ether oxygens (including phenoxy) is 2. The molecule has 3 atom stereocenters. The second kappa shape index (κ2) is 5.12. The van der Waals surface area contributed by atoms with E-state index in [4.69, 9.17) is 21.7 Å². The van der Waals surface area contributed by atoms with Crippen LogP contribution in [0.25, 0.3) is 0 Å². The van der Waals surface area contributed by atoms with E-state index in [1.807, 2.05) is 30.3 Å². The van der Waals surface area contributed by atoms with Gasteiger partial charge in [0.2, 0.25) is 6.29 Å². The fourth-order valence-corrected chi connectivity index (χ4v) is 3.55. The highest BCUT2D eigenvalue weighted by molar-refractivity contribution is 7.80. The van der Waals surface area contributed by atoms with Gasteiger partial charge in [-0.25, -0.2) is 0 Å². The van der Waals surface area contributed by atoms with E-state index in [2.05, 4.69) is 0 Å². The number of Topliss-reactive ketones (excluding diaryl/α,β-unsaturated/α-hetero) is 1. The number of para-hydroxylation sites is 1. The third kappa shape index (κ3) is 2.05. The summed E-state index contributed by atoms with van der Waals surface area (Å²) in [6.07, 6.45) is -0.659. The molecule has 3 fully saturated rings. The summed E-state index contributed by atoms with van der Waals surface area (Å²) in [5.41, 5.74) is 0.739. The number of fused-ring (bicyclic) bond motifs is 2. The molecule has 3 unspecified atom stereocenters. The largest absolute Gasteiger partial charge is 0.343 e. The fraction of sp³-hybridized carbons (Fsp3) is 0.400. The molecule has 0 spiro atoms. The lowest BCUT2D eigenvalue weighted by Crippen LogP contribution is -2.51. The van der Waals surface area contributed by atoms with E-state index in [1.54, 1.807) is 4.90 Å². The third-order valence-electron chi connectivity index (χ3n) is 4.22. The molecule has 22 heavy (non-hydrogen) atoms. The maximum Gasteiger partial charge on any atom is 0.252 e. The Kier molecular flexibility index (Phi) is 3.21. The van der Waals surface area contributed by atoms with Gasteiger partial charge in [0.15, 0.2) is 10.9 Å². The van der Waals surface area contributed by atoms with Gasteiger partial charge in [0, 0.05) is 6.42 Å². The average molecular weight is 318 g/mol. The number of carbonyl (C=O) groups excluding carboxylic acids is 2. The lowest BCUT2D eigenvalue weighted by Gasteiger charge is -2.34. The quantitative estimate of drug-likeness (QED) is 0.748. The van der Waals surface area contributed by atoms with Crippen LogP contribution in [0.4, 0.5) is 5.69 Å². The molecule has 2 bridgehead atoms. The van der Waals surface area contributed by atoms with Crippen LogP contribution in [0.5, 0.6) is 0 Å². The van der Waals surface area contributed by atoms with Crippen molar-refractivity contribution in [1.82, 2.24) is 4.90 Å². The van der Waals surface area contributed by atoms with Crippen LogP contribution >= 0.6 is 12.2 Å². The van der Waals surface area contributed by atoms with Crippen molar-refractivity contribution in [2.75, 3.05) is 18.1 Å². The molecule has 114 valence electrons. The first-order valence-corrected chi connectivity index (χ1v) is 7.54. The summed E-state index contributed by atoms with van der Waals surface area (Å²) >= 11 is 5.48. The highest BCUT2D eigenvalue weighted by Crippen LogP contribution is 2.32. The Bertz CT molecular complexity index is 650. The Balaban J connectivity index is 1.61. The highest BCUT2D eigenvalue weighted by atomic mass is 32.1. The molecule has 1 aromatic carbocycles. The van der Waals surface area contributed by atoms with Crippen LogP contribution < -0.4 is 4.90 Å². The summed E-state index contributed by atoms with van der Waals surface area (Å²) in [7, 11) is 0. The minimum absolute atomic E-state index is 0.0906. The van der Waals surface area contributed by atoms with Crippen LogP contribution in [0, 0.1) is 0 Å². The van der Waals surface area contributed by atoms with Gasteiger partial charge in [-0.1, -0.05) is 18.2 Å². The van der Waals surface area contributed by atoms with E-state index in [0.717, 1.165) is 5.69 Å². The molecule has 4 rings (SSSR count). The van der Waals surface area contributed by atoms with Crippen LogP contribution in [0.15, 0.2) is 30.3 Å². The molecule has 1 amide bonds. The minimum atomic E-state index is -0.738. The number of amides is 1. The predicted octanol–water partition coefficient (Wildman–Crippen LogP) is 0.703. The van der Waals surface area contributed by atoms with E-state index in [0.29, 0.717) is 18.1 Å². The molecular formula is C15H14N2O4S. The van der Waals surface area contributed by atoms with Gasteiger partial charge in [-0.3, -0.25) is 14.5 Å². The van der Waals surface area contributed by atoms with Crippen molar-refractivity contribution >= 4 is 34.7 Å². The molecular weight excluding hydrogens is 304 g/mol. The third-order valence-corrected chi connectivity index (χ3v) is 4.64. The normalized spacial score (nSPS) is 31.3. The molecule has 6 nitrogen and oxygen atoms in total. The number of anilines is 1. The van der Waals surface area contributed by atoms with Gasteiger partial charge in [0.05, 0.1) is 18.3 Å². The van der Waals surface area contributed by atoms with Crippen molar-refractivity contribution < 1.29 is 19.1 Å². The summed E-state index contributed by atoms with van der Waals surface area (Å²) in [5.74, 6) is -0.183. The fourth-order valence-electron chi connectivity index (χ4n) is 3.14. The maximum atomic E-state index is 12.4. The zero-order chi connectivity index (χ0) is 15.3. The van der Waals surface area contributed by atoms with Gasteiger partial charge in [-0.15, -0.1) is 0 Å². The van der Waals surface area contributed by atoms with E-state index in [1.165, 1.54) is 4.90 Å². The molecule has 0 radical (unpaired) electrons. The van der Waals surface area contributed by atoms with E-state index < -0.39 is 6.29 Å². The van der Waals surface area contributed by atoms with Crippen molar-refractivity contribution in [3.8, 4) is 0 Å². The molecule has 3 aliphatic rings. The summed E-state index contributed by atoms with van der Waals surface area (Å²) in [6.45, 7) is 0.524. The summed E-state index contributed by atoms with van der Waals surface area (Å²) in [5, 5.41) is 0.419. The Hall–Kier alpha value is -1.83. The van der Waals surface area contributed by atoms with Crippen molar-refractivity contribution in [1.29, 1.82) is 0 Å². The van der Waals surface area contributed by atoms with E-state index >= 15 is 0 Å². The van der Waals surface area contributed by atoms with Gasteiger partial charge in [0.1, 0.15) is 12.6 Å². The monoisotopic (exact) mass is 318 g/mol. The minimum Gasteiger partial charge on any atom is -0.343 e. The second-order valence-electron chi connectivity index (χ2n) is 5.55. The Morgan fingerprint density at radius 1 is 1.18 bits per heavy atom. The number of rotatable bonds is 2. The Morgan fingerprint density at radius 3 is 2.73 bits per heavy atom. The van der Waals surface area contributed by atoms with Crippen LogP contribution in [-0.2, 0) is 19.1 Å². The zero-order valence-corrected chi connectivity index (χ0v) is 12.5. The molecule has 0 saturated carbocycles. The van der Waals surface area contributed by atoms with Gasteiger partial charge in [-0.05, 0) is 24.4 Å². The summed E-state index contributed by atoms with van der Waals surface area (Å²) in [6, 6.07) is 9.04. The van der Waals surface area contributed by atoms with E-state index in [9.17, 15) is 9.59 Å². The van der Waals surface area contributed by atoms with Crippen molar-refractivity contribution in [3.05, 3.63) is 30.3 Å². The molecule has 7 heteroatoms. The van der Waals surface area contributed by atoms with Crippen molar-refractivity contribution in [2.24, 2.45) is 0 Å². The lowest BCUT2D eigenvalue weighted by atomic mass is 10.0. The predicted molar refractivity (Wildman–Crippen MR) is 81.3 cm³/mol. The lowest BCUT2D eigenvalue weighted by molar-refractivity contribution is -0.157. The number of ketones is 1. The first kappa shape index (κ1) is 13.8. The standard InChI is InChI=1S/C15H14N2O4S/c18-11-6-10(12-8-20-14(11)21-12)16-7-13(19)17(15(16)22)9-4-2-1-3-5-9/h1-5,10,12,14H,6-8H2. The van der Waals surface area contributed by atoms with Crippen LogP contribution in [0.1, 0.15) is 6.42 Å². The van der Waals surface area contributed by atoms with Crippen molar-refractivity contribution in [2.45, 2.75) is 24.9 Å². The second-order valence-corrected chi connectivity index (χ2v) is 5.92. The number of benzene rings is 1. The van der Waals surface area contributed by atoms with E-state index in [-0.39, 0.29) is 30.4 Å². The van der Waals surface area contributed by atoms with Gasteiger partial charge in [0.25, 0.3) is 5.91 Å². The molecule has 1 aromatic rings. The molecule has 3 saturated heterocycles. The van der Waals surface area contributed by atoms with Gasteiger partial charge >= 0.3 is 0 Å². The SMILES string of the molecule is O=C1CC(N2CC(=O)N(c3ccccc3)C2=S)C2COC1O2. The van der Waals surface area contributed by atoms with Gasteiger partial charge < -0.3 is 14.4 Å². The summed E-state index contributed by atoms with van der Waals surface area (Å²) in [4.78, 5) is 27.6. The summed E-state index contributed by atoms with van der Waals surface area (Å²) < 4.78 is 10.9. The smallest absolute Gasteiger partial charge is 0.252 e. The maximum absolute atomic E-state index is 12.4. The highest BCUT2D eigenvalue weighted by Gasteiger charge is 2.49. The number of carbonyl (C=O) groups is 2. The van der Waals surface area contributed by atoms with Gasteiger partial charge in [-0.2, -0.15) is 0 Å². The molecule has 3 aliphatic heterocycles. The first-order valence-electron chi connectivity index (χ1n) is 7.13. The van der Waals surface area contributed by atoms with Crippen molar-refractivity contribution in [3.63, 3.8) is 0 Å².